The number of carboxylic acids is 2. The number of carbonyl (C=O) groups is 3. The second-order valence-corrected chi connectivity index (χ2v) is 6.56. The van der Waals surface area contributed by atoms with Crippen LogP contribution in [0, 0.1) is 0 Å². The first-order valence-electron chi connectivity index (χ1n) is 9.26. The Morgan fingerprint density at radius 3 is 1.62 bits per heavy atom. The Labute approximate surface area is 154 Å². The van der Waals surface area contributed by atoms with Crippen LogP contribution in [0.1, 0.15) is 77.0 Å². The minimum absolute atomic E-state index is 0.128. The summed E-state index contributed by atoms with van der Waals surface area (Å²) in [6.45, 7) is 0.391. The molecule has 8 heteroatoms. The number of rotatable bonds is 17. The summed E-state index contributed by atoms with van der Waals surface area (Å²) in [4.78, 5) is 33.1. The molecule has 0 aliphatic rings. The van der Waals surface area contributed by atoms with E-state index < -0.39 is 36.4 Å². The largest absolute Gasteiger partial charge is 0.481 e. The molecular formula is C18H32O8. The van der Waals surface area contributed by atoms with Crippen molar-refractivity contribution in [3.63, 3.8) is 0 Å². The SMILES string of the molecule is O=C(O)CC(O)(CC(=O)OCCCCCCCCCCCCO)C(=O)O. The average molecular weight is 376 g/mol. The van der Waals surface area contributed by atoms with E-state index in [1.54, 1.807) is 0 Å². The highest BCUT2D eigenvalue weighted by atomic mass is 16.5. The quantitative estimate of drug-likeness (QED) is 0.223. The molecule has 0 aromatic carbocycles. The van der Waals surface area contributed by atoms with E-state index in [0.29, 0.717) is 6.42 Å². The van der Waals surface area contributed by atoms with Gasteiger partial charge in [0.15, 0.2) is 5.60 Å². The topological polar surface area (TPSA) is 141 Å². The van der Waals surface area contributed by atoms with Gasteiger partial charge < -0.3 is 25.2 Å². The highest BCUT2D eigenvalue weighted by Crippen LogP contribution is 2.17. The van der Waals surface area contributed by atoms with Gasteiger partial charge in [0.1, 0.15) is 0 Å². The zero-order chi connectivity index (χ0) is 19.8. The number of carboxylic acid groups (broad SMARTS) is 2. The Morgan fingerprint density at radius 1 is 0.731 bits per heavy atom. The molecule has 0 aliphatic heterocycles. The van der Waals surface area contributed by atoms with Crippen LogP contribution in [-0.4, -0.2) is 57.1 Å². The van der Waals surface area contributed by atoms with Crippen LogP contribution in [0.25, 0.3) is 0 Å². The van der Waals surface area contributed by atoms with E-state index in [-0.39, 0.29) is 13.2 Å². The molecule has 0 amide bonds. The normalized spacial score (nSPS) is 13.2. The summed E-state index contributed by atoms with van der Waals surface area (Å²) in [6.07, 6.45) is 8.33. The smallest absolute Gasteiger partial charge is 0.336 e. The second kappa shape index (κ2) is 14.5. The van der Waals surface area contributed by atoms with Gasteiger partial charge in [-0.3, -0.25) is 9.59 Å². The van der Waals surface area contributed by atoms with Crippen LogP contribution >= 0.6 is 0 Å². The van der Waals surface area contributed by atoms with E-state index in [2.05, 4.69) is 0 Å². The summed E-state index contributed by atoms with van der Waals surface area (Å²) >= 11 is 0. The third kappa shape index (κ3) is 12.7. The molecule has 0 rings (SSSR count). The molecule has 0 spiro atoms. The van der Waals surface area contributed by atoms with Gasteiger partial charge in [0.2, 0.25) is 0 Å². The lowest BCUT2D eigenvalue weighted by atomic mass is 9.96. The Morgan fingerprint density at radius 2 is 1.19 bits per heavy atom. The maximum absolute atomic E-state index is 11.6. The minimum Gasteiger partial charge on any atom is -0.481 e. The van der Waals surface area contributed by atoms with Crippen molar-refractivity contribution in [2.24, 2.45) is 0 Å². The van der Waals surface area contributed by atoms with Gasteiger partial charge in [-0.2, -0.15) is 0 Å². The number of esters is 1. The van der Waals surface area contributed by atoms with Gasteiger partial charge in [0, 0.05) is 6.61 Å². The first kappa shape index (κ1) is 24.3. The lowest BCUT2D eigenvalue weighted by Gasteiger charge is -2.20. The summed E-state index contributed by atoms with van der Waals surface area (Å²) in [5.41, 5.74) is -2.64. The standard InChI is InChI=1S/C18H32O8/c19-11-9-7-5-3-1-2-4-6-8-10-12-26-16(22)14-18(25,17(23)24)13-15(20)21/h19,25H,1-14H2,(H,20,21)(H,23,24). The lowest BCUT2D eigenvalue weighted by Crippen LogP contribution is -2.43. The molecule has 1 atom stereocenters. The van der Waals surface area contributed by atoms with E-state index in [1.807, 2.05) is 0 Å². The number of ether oxygens (including phenoxy) is 1. The highest BCUT2D eigenvalue weighted by molar-refractivity contribution is 5.88. The number of aliphatic hydroxyl groups excluding tert-OH is 1. The average Bonchev–Trinajstić information content (AvgIpc) is 2.54. The van der Waals surface area contributed by atoms with Crippen LogP contribution in [-0.2, 0) is 19.1 Å². The van der Waals surface area contributed by atoms with Crippen LogP contribution in [0.4, 0.5) is 0 Å². The van der Waals surface area contributed by atoms with E-state index in [9.17, 15) is 19.5 Å². The first-order chi connectivity index (χ1) is 12.3. The maximum Gasteiger partial charge on any atom is 0.336 e. The van der Waals surface area contributed by atoms with Crippen LogP contribution < -0.4 is 0 Å². The number of aliphatic hydroxyl groups is 2. The molecule has 0 radical (unpaired) electrons. The number of aliphatic carboxylic acids is 2. The molecule has 8 nitrogen and oxygen atoms in total. The first-order valence-corrected chi connectivity index (χ1v) is 9.26. The molecule has 0 fully saturated rings. The predicted molar refractivity (Wildman–Crippen MR) is 93.7 cm³/mol. The molecule has 0 heterocycles. The number of unbranched alkanes of at least 4 members (excludes halogenated alkanes) is 9. The summed E-state index contributed by atoms with van der Waals surface area (Å²) in [7, 11) is 0. The molecule has 0 aromatic rings. The van der Waals surface area contributed by atoms with Gasteiger partial charge >= 0.3 is 17.9 Å². The highest BCUT2D eigenvalue weighted by Gasteiger charge is 2.41. The van der Waals surface area contributed by atoms with Gasteiger partial charge in [0.05, 0.1) is 19.4 Å². The van der Waals surface area contributed by atoms with Crippen molar-refractivity contribution < 1.29 is 39.5 Å². The van der Waals surface area contributed by atoms with Gasteiger partial charge in [-0.25, -0.2) is 4.79 Å². The fourth-order valence-corrected chi connectivity index (χ4v) is 2.57. The summed E-state index contributed by atoms with van der Waals surface area (Å²) in [6, 6.07) is 0. The van der Waals surface area contributed by atoms with E-state index in [1.165, 1.54) is 12.8 Å². The summed E-state index contributed by atoms with van der Waals surface area (Å²) in [5, 5.41) is 35.9. The molecule has 0 saturated heterocycles. The van der Waals surface area contributed by atoms with Gasteiger partial charge in [-0.05, 0) is 12.8 Å². The molecule has 1 unspecified atom stereocenters. The molecular weight excluding hydrogens is 344 g/mol. The number of hydrogen-bond donors (Lipinski definition) is 4. The molecule has 26 heavy (non-hydrogen) atoms. The third-order valence-electron chi connectivity index (χ3n) is 4.09. The zero-order valence-electron chi connectivity index (χ0n) is 15.3. The predicted octanol–water partition coefficient (Wildman–Crippen LogP) is 2.10. The molecule has 4 N–H and O–H groups in total. The number of hydrogen-bond acceptors (Lipinski definition) is 6. The van der Waals surface area contributed by atoms with Crippen molar-refractivity contribution in [1.82, 2.24) is 0 Å². The Bertz CT molecular complexity index is 423. The Balaban J connectivity index is 3.67. The van der Waals surface area contributed by atoms with Crippen LogP contribution in [0.3, 0.4) is 0 Å². The molecule has 0 bridgehead atoms. The van der Waals surface area contributed by atoms with E-state index in [4.69, 9.17) is 20.1 Å². The van der Waals surface area contributed by atoms with E-state index in [0.717, 1.165) is 44.9 Å². The number of carbonyl (C=O) groups excluding carboxylic acids is 1. The fourth-order valence-electron chi connectivity index (χ4n) is 2.57. The van der Waals surface area contributed by atoms with Crippen molar-refractivity contribution in [1.29, 1.82) is 0 Å². The molecule has 0 aliphatic carbocycles. The van der Waals surface area contributed by atoms with E-state index >= 15 is 0 Å². The van der Waals surface area contributed by atoms with Crippen LogP contribution in [0.2, 0.25) is 0 Å². The summed E-state index contributed by atoms with van der Waals surface area (Å²) < 4.78 is 4.88. The summed E-state index contributed by atoms with van der Waals surface area (Å²) in [5.74, 6) is -4.18. The maximum atomic E-state index is 11.6. The minimum atomic E-state index is -2.64. The second-order valence-electron chi connectivity index (χ2n) is 6.56. The van der Waals surface area contributed by atoms with Crippen molar-refractivity contribution >= 4 is 17.9 Å². The van der Waals surface area contributed by atoms with Crippen molar-refractivity contribution in [3.8, 4) is 0 Å². The molecule has 0 saturated carbocycles. The monoisotopic (exact) mass is 376 g/mol. The van der Waals surface area contributed by atoms with Gasteiger partial charge in [-0.15, -0.1) is 0 Å². The zero-order valence-corrected chi connectivity index (χ0v) is 15.3. The molecule has 152 valence electrons. The lowest BCUT2D eigenvalue weighted by molar-refractivity contribution is -0.172. The van der Waals surface area contributed by atoms with Crippen molar-refractivity contribution in [2.75, 3.05) is 13.2 Å². The fraction of sp³-hybridized carbons (Fsp3) is 0.833. The third-order valence-corrected chi connectivity index (χ3v) is 4.09. The molecule has 0 aromatic heterocycles. The van der Waals surface area contributed by atoms with Crippen molar-refractivity contribution in [3.05, 3.63) is 0 Å². The van der Waals surface area contributed by atoms with Gasteiger partial charge in [0.25, 0.3) is 0 Å². The van der Waals surface area contributed by atoms with Gasteiger partial charge in [-0.1, -0.05) is 51.4 Å². The van der Waals surface area contributed by atoms with Crippen molar-refractivity contribution in [2.45, 2.75) is 82.7 Å². The Hall–Kier alpha value is -1.67. The van der Waals surface area contributed by atoms with Crippen LogP contribution in [0.5, 0.6) is 0 Å². The Kier molecular flexibility index (Phi) is 13.6. The van der Waals surface area contributed by atoms with Crippen LogP contribution in [0.15, 0.2) is 0 Å².